The summed E-state index contributed by atoms with van der Waals surface area (Å²) in [5.41, 5.74) is 0. The number of ether oxygens (including phenoxy) is 3. The van der Waals surface area contributed by atoms with E-state index in [0.29, 0.717) is 19.3 Å². The molecule has 0 radical (unpaired) electrons. The summed E-state index contributed by atoms with van der Waals surface area (Å²) in [5, 5.41) is 0. The third-order valence-electron chi connectivity index (χ3n) is 12.7. The summed E-state index contributed by atoms with van der Waals surface area (Å²) >= 11 is 0. The lowest BCUT2D eigenvalue weighted by molar-refractivity contribution is -0.167. The van der Waals surface area contributed by atoms with Crippen LogP contribution in [0, 0.1) is 0 Å². The van der Waals surface area contributed by atoms with Crippen molar-refractivity contribution in [2.45, 2.75) is 297 Å². The van der Waals surface area contributed by atoms with Crippen molar-refractivity contribution in [2.24, 2.45) is 0 Å². The van der Waals surface area contributed by atoms with E-state index in [-0.39, 0.29) is 31.1 Å². The molecule has 0 aromatic carbocycles. The van der Waals surface area contributed by atoms with Gasteiger partial charge in [-0.2, -0.15) is 0 Å². The van der Waals surface area contributed by atoms with Crippen LogP contribution in [0.15, 0.2) is 72.9 Å². The minimum atomic E-state index is -0.787. The van der Waals surface area contributed by atoms with Crippen LogP contribution in [0.2, 0.25) is 0 Å². The Labute approximate surface area is 427 Å². The Kier molecular flexibility index (Phi) is 54.8. The predicted octanol–water partition coefficient (Wildman–Crippen LogP) is 19.8. The third kappa shape index (κ3) is 55.6. The van der Waals surface area contributed by atoms with E-state index >= 15 is 0 Å². The molecule has 0 aromatic heterocycles. The average molecular weight is 964 g/mol. The summed E-state index contributed by atoms with van der Waals surface area (Å²) in [6.45, 7) is 6.51. The number of esters is 3. The summed E-state index contributed by atoms with van der Waals surface area (Å²) in [5.74, 6) is -0.909. The molecule has 0 spiro atoms. The molecule has 0 heterocycles. The molecule has 69 heavy (non-hydrogen) atoms. The first-order valence-electron chi connectivity index (χ1n) is 29.4. The minimum Gasteiger partial charge on any atom is -0.462 e. The zero-order chi connectivity index (χ0) is 50.0. The van der Waals surface area contributed by atoms with E-state index in [1.54, 1.807) is 0 Å². The smallest absolute Gasteiger partial charge is 0.306 e. The first-order chi connectivity index (χ1) is 34.0. The second-order valence-corrected chi connectivity index (χ2v) is 19.5. The van der Waals surface area contributed by atoms with Crippen LogP contribution in [-0.2, 0) is 28.6 Å². The Balaban J connectivity index is 4.33. The van der Waals surface area contributed by atoms with Crippen LogP contribution in [-0.4, -0.2) is 37.2 Å². The number of allylic oxidation sites excluding steroid dienone is 12. The highest BCUT2D eigenvalue weighted by Crippen LogP contribution is 2.16. The van der Waals surface area contributed by atoms with E-state index in [0.717, 1.165) is 96.3 Å². The van der Waals surface area contributed by atoms with Crippen LogP contribution in [0.5, 0.6) is 0 Å². The zero-order valence-corrected chi connectivity index (χ0v) is 45.6. The van der Waals surface area contributed by atoms with Crippen molar-refractivity contribution in [3.05, 3.63) is 72.9 Å². The highest BCUT2D eigenvalue weighted by atomic mass is 16.6. The van der Waals surface area contributed by atoms with Crippen LogP contribution in [0.1, 0.15) is 290 Å². The molecule has 398 valence electrons. The quantitative estimate of drug-likeness (QED) is 0.0262. The molecule has 6 heteroatoms. The number of carbonyl (C=O) groups is 3. The van der Waals surface area contributed by atoms with Gasteiger partial charge in [-0.3, -0.25) is 14.4 Å². The molecular formula is C63H110O6. The Morgan fingerprint density at radius 3 is 0.913 bits per heavy atom. The van der Waals surface area contributed by atoms with E-state index in [9.17, 15) is 14.4 Å². The zero-order valence-electron chi connectivity index (χ0n) is 45.6. The molecule has 6 nitrogen and oxygen atoms in total. The molecule has 0 saturated heterocycles. The van der Waals surface area contributed by atoms with E-state index in [2.05, 4.69) is 93.7 Å². The number of unbranched alkanes of at least 4 members (excludes halogenated alkanes) is 30. The van der Waals surface area contributed by atoms with Gasteiger partial charge < -0.3 is 14.2 Å². The van der Waals surface area contributed by atoms with Gasteiger partial charge in [-0.1, -0.05) is 254 Å². The molecule has 0 rings (SSSR count). The molecule has 0 bridgehead atoms. The fourth-order valence-electron chi connectivity index (χ4n) is 8.29. The lowest BCUT2D eigenvalue weighted by Gasteiger charge is -2.18. The maximum Gasteiger partial charge on any atom is 0.306 e. The standard InChI is InChI=1S/C63H110O6/c1-4-7-10-13-16-19-22-24-26-28-30-31-33-35-37-39-42-44-47-50-53-56-62(65)68-59-60(69-63(66)57-54-51-48-45-40-21-18-15-12-9-6-3)58-67-61(64)55-52-49-46-43-41-38-36-34-32-29-27-25-23-20-17-14-11-8-5-2/h8,11,17,20,24-27,32,34,38,41,60H,4-7,9-10,12-16,18-19,21-23,28-31,33,35-37,39-40,42-59H2,1-3H3/b11-8-,20-17-,26-24-,27-25-,34-32-,41-38-/t60-/m1/s1. The molecule has 0 saturated carbocycles. The second-order valence-electron chi connectivity index (χ2n) is 19.5. The van der Waals surface area contributed by atoms with Crippen molar-refractivity contribution >= 4 is 17.9 Å². The van der Waals surface area contributed by atoms with Gasteiger partial charge in [0.05, 0.1) is 0 Å². The number of carbonyl (C=O) groups excluding carboxylic acids is 3. The summed E-state index contributed by atoms with van der Waals surface area (Å²) in [6.07, 6.45) is 73.3. The molecule has 1 atom stereocenters. The number of hydrogen-bond acceptors (Lipinski definition) is 6. The molecule has 0 aliphatic carbocycles. The van der Waals surface area contributed by atoms with Crippen molar-refractivity contribution in [1.82, 2.24) is 0 Å². The van der Waals surface area contributed by atoms with Gasteiger partial charge in [0.2, 0.25) is 0 Å². The van der Waals surface area contributed by atoms with Crippen molar-refractivity contribution in [2.75, 3.05) is 13.2 Å². The summed E-state index contributed by atoms with van der Waals surface area (Å²) < 4.78 is 16.8. The van der Waals surface area contributed by atoms with Crippen molar-refractivity contribution in [3.8, 4) is 0 Å². The lowest BCUT2D eigenvalue weighted by atomic mass is 10.0. The number of rotatable bonds is 53. The molecule has 0 aliphatic rings. The molecule has 0 fully saturated rings. The first-order valence-corrected chi connectivity index (χ1v) is 29.4. The van der Waals surface area contributed by atoms with E-state index in [1.165, 1.54) is 154 Å². The normalized spacial score (nSPS) is 12.6. The fraction of sp³-hybridized carbons (Fsp3) is 0.762. The summed E-state index contributed by atoms with van der Waals surface area (Å²) in [6, 6.07) is 0. The molecule has 0 amide bonds. The highest BCUT2D eigenvalue weighted by Gasteiger charge is 2.19. The van der Waals surface area contributed by atoms with Crippen molar-refractivity contribution in [3.63, 3.8) is 0 Å². The number of hydrogen-bond donors (Lipinski definition) is 0. The Morgan fingerprint density at radius 1 is 0.304 bits per heavy atom. The topological polar surface area (TPSA) is 78.9 Å². The maximum atomic E-state index is 12.8. The summed E-state index contributed by atoms with van der Waals surface area (Å²) in [4.78, 5) is 38.1. The first kappa shape index (κ1) is 65.8. The third-order valence-corrected chi connectivity index (χ3v) is 12.7. The van der Waals surface area contributed by atoms with Gasteiger partial charge in [-0.05, 0) is 89.9 Å². The van der Waals surface area contributed by atoms with Crippen LogP contribution in [0.3, 0.4) is 0 Å². The van der Waals surface area contributed by atoms with E-state index < -0.39 is 6.10 Å². The predicted molar refractivity (Wildman–Crippen MR) is 298 cm³/mol. The van der Waals surface area contributed by atoms with Gasteiger partial charge in [0.25, 0.3) is 0 Å². The SMILES string of the molecule is CC/C=C\C/C=C\C/C=C\C/C=C\C/C=C\CCCCCC(=O)OC[C@H](COC(=O)CCCCCCCCCCCCC/C=C\CCCCCCCC)OC(=O)CCCCCCCCCCCCC. The second kappa shape index (κ2) is 57.4. The molecule has 0 aromatic rings. The van der Waals surface area contributed by atoms with Crippen LogP contribution in [0.25, 0.3) is 0 Å². The largest absolute Gasteiger partial charge is 0.462 e. The van der Waals surface area contributed by atoms with Crippen molar-refractivity contribution < 1.29 is 28.6 Å². The fourth-order valence-corrected chi connectivity index (χ4v) is 8.29. The lowest BCUT2D eigenvalue weighted by Crippen LogP contribution is -2.30. The monoisotopic (exact) mass is 963 g/mol. The van der Waals surface area contributed by atoms with Crippen LogP contribution < -0.4 is 0 Å². The maximum absolute atomic E-state index is 12.8. The van der Waals surface area contributed by atoms with Gasteiger partial charge in [-0.25, -0.2) is 0 Å². The minimum absolute atomic E-state index is 0.0840. The van der Waals surface area contributed by atoms with Gasteiger partial charge in [0, 0.05) is 19.3 Å². The average Bonchev–Trinajstić information content (AvgIpc) is 3.35. The van der Waals surface area contributed by atoms with Gasteiger partial charge in [0.1, 0.15) is 13.2 Å². The van der Waals surface area contributed by atoms with Crippen LogP contribution >= 0.6 is 0 Å². The van der Waals surface area contributed by atoms with E-state index in [1.807, 2.05) is 0 Å². The van der Waals surface area contributed by atoms with Gasteiger partial charge in [0.15, 0.2) is 6.10 Å². The van der Waals surface area contributed by atoms with E-state index in [4.69, 9.17) is 14.2 Å². The molecule has 0 N–H and O–H groups in total. The molecular weight excluding hydrogens is 853 g/mol. The Hall–Kier alpha value is -3.15. The van der Waals surface area contributed by atoms with Crippen molar-refractivity contribution in [1.29, 1.82) is 0 Å². The van der Waals surface area contributed by atoms with Crippen LogP contribution in [0.4, 0.5) is 0 Å². The van der Waals surface area contributed by atoms with Gasteiger partial charge >= 0.3 is 17.9 Å². The summed E-state index contributed by atoms with van der Waals surface area (Å²) in [7, 11) is 0. The Bertz CT molecular complexity index is 1290. The Morgan fingerprint density at radius 2 is 0.565 bits per heavy atom. The van der Waals surface area contributed by atoms with Gasteiger partial charge in [-0.15, -0.1) is 0 Å². The highest BCUT2D eigenvalue weighted by molar-refractivity contribution is 5.71. The molecule has 0 unspecified atom stereocenters. The molecule has 0 aliphatic heterocycles.